The number of halogens is 1. The minimum atomic E-state index is -0.0408. The summed E-state index contributed by atoms with van der Waals surface area (Å²) in [6, 6.07) is 7.97. The second kappa shape index (κ2) is 6.67. The minimum Gasteiger partial charge on any atom is -0.325 e. The summed E-state index contributed by atoms with van der Waals surface area (Å²) in [5, 5.41) is 7.06. The Morgan fingerprint density at radius 1 is 1.24 bits per heavy atom. The molecule has 0 spiro atoms. The zero-order valence-corrected chi connectivity index (χ0v) is 12.9. The molecule has 1 aromatic carbocycles. The first kappa shape index (κ1) is 14.7. The summed E-state index contributed by atoms with van der Waals surface area (Å²) in [5.74, 6) is 0.719. The van der Waals surface area contributed by atoms with E-state index in [1.54, 1.807) is 6.07 Å². The fraction of sp³-hybridized carbons (Fsp3) is 0.562. The van der Waals surface area contributed by atoms with Gasteiger partial charge in [0.25, 0.3) is 0 Å². The van der Waals surface area contributed by atoms with Crippen LogP contribution in [0, 0.1) is 5.92 Å². The standard InChI is InChI=1S/C16H22ClN3O/c17-13-4-1-2-5-15(13)19-16(21)20-10-7-12(8-11-20)14-6-3-9-18-14/h1-2,4-5,12,14,18H,3,6-11H2,(H,19,21). The van der Waals surface area contributed by atoms with Gasteiger partial charge in [-0.25, -0.2) is 4.79 Å². The van der Waals surface area contributed by atoms with E-state index < -0.39 is 0 Å². The van der Waals surface area contributed by atoms with Crippen molar-refractivity contribution in [3.05, 3.63) is 29.3 Å². The number of hydrogen-bond donors (Lipinski definition) is 2. The quantitative estimate of drug-likeness (QED) is 0.880. The van der Waals surface area contributed by atoms with Crippen LogP contribution in [-0.4, -0.2) is 36.6 Å². The number of anilines is 1. The number of nitrogens with one attached hydrogen (secondary N) is 2. The molecule has 1 atom stereocenters. The summed E-state index contributed by atoms with van der Waals surface area (Å²) in [6.45, 7) is 2.82. The SMILES string of the molecule is O=C(Nc1ccccc1Cl)N1CCC(C2CCCN2)CC1. The van der Waals surface area contributed by atoms with E-state index in [4.69, 9.17) is 11.6 Å². The maximum Gasteiger partial charge on any atom is 0.321 e. The Morgan fingerprint density at radius 2 is 2.00 bits per heavy atom. The molecule has 0 aromatic heterocycles. The number of hydrogen-bond acceptors (Lipinski definition) is 2. The highest BCUT2D eigenvalue weighted by Gasteiger charge is 2.29. The van der Waals surface area contributed by atoms with Crippen LogP contribution in [0.5, 0.6) is 0 Å². The molecule has 2 aliphatic heterocycles. The van der Waals surface area contributed by atoms with Gasteiger partial charge in [-0.15, -0.1) is 0 Å². The van der Waals surface area contributed by atoms with Gasteiger partial charge in [-0.2, -0.15) is 0 Å². The van der Waals surface area contributed by atoms with E-state index in [0.717, 1.165) is 38.4 Å². The van der Waals surface area contributed by atoms with Gasteiger partial charge in [0.15, 0.2) is 0 Å². The van der Waals surface area contributed by atoms with Gasteiger partial charge >= 0.3 is 6.03 Å². The first-order valence-corrected chi connectivity index (χ1v) is 8.15. The third-order valence-electron chi connectivity index (χ3n) is 4.61. The monoisotopic (exact) mass is 307 g/mol. The summed E-state index contributed by atoms with van der Waals surface area (Å²) >= 11 is 6.08. The molecule has 1 unspecified atom stereocenters. The number of para-hydroxylation sites is 1. The predicted molar refractivity (Wildman–Crippen MR) is 85.8 cm³/mol. The third kappa shape index (κ3) is 3.50. The Hall–Kier alpha value is -1.26. The summed E-state index contributed by atoms with van der Waals surface area (Å²) in [4.78, 5) is 14.2. The van der Waals surface area contributed by atoms with E-state index in [9.17, 15) is 4.79 Å². The summed E-state index contributed by atoms with van der Waals surface area (Å²) in [6.07, 6.45) is 4.76. The van der Waals surface area contributed by atoms with Gasteiger partial charge in [0, 0.05) is 19.1 Å². The average molecular weight is 308 g/mol. The number of benzene rings is 1. The second-order valence-corrected chi connectivity index (χ2v) is 6.34. The molecule has 0 bridgehead atoms. The lowest BCUT2D eigenvalue weighted by molar-refractivity contribution is 0.170. The van der Waals surface area contributed by atoms with Gasteiger partial charge in [0.2, 0.25) is 0 Å². The number of carbonyl (C=O) groups is 1. The zero-order chi connectivity index (χ0) is 14.7. The molecule has 114 valence electrons. The Balaban J connectivity index is 1.52. The van der Waals surface area contributed by atoms with E-state index >= 15 is 0 Å². The van der Waals surface area contributed by atoms with Crippen LogP contribution in [0.15, 0.2) is 24.3 Å². The van der Waals surface area contributed by atoms with Crippen molar-refractivity contribution in [1.29, 1.82) is 0 Å². The largest absolute Gasteiger partial charge is 0.325 e. The average Bonchev–Trinajstić information content (AvgIpc) is 3.04. The summed E-state index contributed by atoms with van der Waals surface area (Å²) in [5.41, 5.74) is 0.684. The maximum atomic E-state index is 12.3. The summed E-state index contributed by atoms with van der Waals surface area (Å²) < 4.78 is 0. The van der Waals surface area contributed by atoms with E-state index in [-0.39, 0.29) is 6.03 Å². The molecular weight excluding hydrogens is 286 g/mol. The molecule has 0 saturated carbocycles. The molecule has 4 nitrogen and oxygen atoms in total. The highest BCUT2D eigenvalue weighted by Crippen LogP contribution is 2.26. The molecule has 0 aliphatic carbocycles. The highest BCUT2D eigenvalue weighted by molar-refractivity contribution is 6.33. The van der Waals surface area contributed by atoms with Crippen LogP contribution in [0.25, 0.3) is 0 Å². The molecule has 5 heteroatoms. The van der Waals surface area contributed by atoms with Crippen molar-refractivity contribution in [1.82, 2.24) is 10.2 Å². The predicted octanol–water partition coefficient (Wildman–Crippen LogP) is 3.34. The number of urea groups is 1. The van der Waals surface area contributed by atoms with Gasteiger partial charge < -0.3 is 15.5 Å². The van der Waals surface area contributed by atoms with Crippen molar-refractivity contribution in [2.45, 2.75) is 31.7 Å². The van der Waals surface area contributed by atoms with Crippen molar-refractivity contribution in [2.24, 2.45) is 5.92 Å². The Bertz CT molecular complexity index is 494. The molecule has 2 N–H and O–H groups in total. The minimum absolute atomic E-state index is 0.0408. The van der Waals surface area contributed by atoms with Crippen molar-refractivity contribution in [3.63, 3.8) is 0 Å². The summed E-state index contributed by atoms with van der Waals surface area (Å²) in [7, 11) is 0. The topological polar surface area (TPSA) is 44.4 Å². The second-order valence-electron chi connectivity index (χ2n) is 5.94. The van der Waals surface area contributed by atoms with Gasteiger partial charge in [-0.3, -0.25) is 0 Å². The number of amides is 2. The molecule has 2 saturated heterocycles. The maximum absolute atomic E-state index is 12.3. The molecule has 2 aliphatic rings. The molecule has 2 heterocycles. The molecule has 21 heavy (non-hydrogen) atoms. The van der Waals surface area contributed by atoms with E-state index in [1.807, 2.05) is 23.1 Å². The fourth-order valence-electron chi connectivity index (χ4n) is 3.38. The van der Waals surface area contributed by atoms with Gasteiger partial charge in [-0.05, 0) is 50.3 Å². The lowest BCUT2D eigenvalue weighted by Gasteiger charge is -2.34. The van der Waals surface area contributed by atoms with Crippen molar-refractivity contribution in [2.75, 3.05) is 25.0 Å². The third-order valence-corrected chi connectivity index (χ3v) is 4.94. The Kier molecular flexibility index (Phi) is 4.66. The first-order valence-electron chi connectivity index (χ1n) is 7.78. The molecule has 2 fully saturated rings. The van der Waals surface area contributed by atoms with Crippen LogP contribution in [0.1, 0.15) is 25.7 Å². The van der Waals surface area contributed by atoms with Crippen molar-refractivity contribution < 1.29 is 4.79 Å². The molecular formula is C16H22ClN3O. The highest BCUT2D eigenvalue weighted by atomic mass is 35.5. The normalized spacial score (nSPS) is 23.3. The van der Waals surface area contributed by atoms with Gasteiger partial charge in [-0.1, -0.05) is 23.7 Å². The molecule has 1 aromatic rings. The zero-order valence-electron chi connectivity index (χ0n) is 12.1. The number of rotatable bonds is 2. The van der Waals surface area contributed by atoms with E-state index in [2.05, 4.69) is 10.6 Å². The van der Waals surface area contributed by atoms with Crippen LogP contribution in [-0.2, 0) is 0 Å². The smallest absolute Gasteiger partial charge is 0.321 e. The van der Waals surface area contributed by atoms with Crippen molar-refractivity contribution in [3.8, 4) is 0 Å². The van der Waals surface area contributed by atoms with E-state index in [0.29, 0.717) is 16.8 Å². The number of piperidine rings is 1. The number of likely N-dealkylation sites (tertiary alicyclic amines) is 1. The van der Waals surface area contributed by atoms with Gasteiger partial charge in [0.05, 0.1) is 10.7 Å². The first-order chi connectivity index (χ1) is 10.2. The van der Waals surface area contributed by atoms with Crippen LogP contribution < -0.4 is 10.6 Å². The molecule has 0 radical (unpaired) electrons. The van der Waals surface area contributed by atoms with Crippen LogP contribution in [0.2, 0.25) is 5.02 Å². The Morgan fingerprint density at radius 3 is 2.67 bits per heavy atom. The number of carbonyl (C=O) groups excluding carboxylic acids is 1. The van der Waals surface area contributed by atoms with Crippen LogP contribution >= 0.6 is 11.6 Å². The molecule has 2 amide bonds. The van der Waals surface area contributed by atoms with E-state index in [1.165, 1.54) is 12.8 Å². The van der Waals surface area contributed by atoms with Crippen molar-refractivity contribution >= 4 is 23.3 Å². The van der Waals surface area contributed by atoms with Crippen LogP contribution in [0.3, 0.4) is 0 Å². The lowest BCUT2D eigenvalue weighted by atomic mass is 9.89. The number of nitrogens with zero attached hydrogens (tertiary/aromatic N) is 1. The Labute approximate surface area is 130 Å². The van der Waals surface area contributed by atoms with Crippen LogP contribution in [0.4, 0.5) is 10.5 Å². The lowest BCUT2D eigenvalue weighted by Crippen LogP contribution is -2.44. The fourth-order valence-corrected chi connectivity index (χ4v) is 3.56. The molecule has 3 rings (SSSR count). The van der Waals surface area contributed by atoms with Gasteiger partial charge in [0.1, 0.15) is 0 Å².